The van der Waals surface area contributed by atoms with E-state index in [2.05, 4.69) is 10.0 Å². The predicted molar refractivity (Wildman–Crippen MR) is 67.2 cm³/mol. The van der Waals surface area contributed by atoms with E-state index < -0.39 is 42.4 Å². The molecule has 4 N–H and O–H groups in total. The summed E-state index contributed by atoms with van der Waals surface area (Å²) in [5.74, 6) is 0. The highest BCUT2D eigenvalue weighted by molar-refractivity contribution is 5.06. The van der Waals surface area contributed by atoms with Crippen molar-refractivity contribution >= 4 is 0 Å². The molecule has 1 aliphatic rings. The Bertz CT molecular complexity index is 677. The van der Waals surface area contributed by atoms with E-state index in [0.29, 0.717) is 0 Å². The first-order valence-electron chi connectivity index (χ1n) is 5.97. The van der Waals surface area contributed by atoms with Gasteiger partial charge < -0.3 is 20.1 Å². The minimum absolute atomic E-state index is 0.00913. The Hall–Kier alpha value is -2.17. The molecule has 0 radical (unpaired) electrons. The fourth-order valence-corrected chi connectivity index (χ4v) is 2.05. The van der Waals surface area contributed by atoms with Crippen LogP contribution in [0.2, 0.25) is 0 Å². The van der Waals surface area contributed by atoms with E-state index in [1.54, 1.807) is 0 Å². The Kier molecular flexibility index (Phi) is 4.40. The Morgan fingerprint density at radius 2 is 2.14 bits per heavy atom. The van der Waals surface area contributed by atoms with Crippen LogP contribution in [0.1, 0.15) is 11.8 Å². The van der Waals surface area contributed by atoms with Gasteiger partial charge in [0.1, 0.15) is 18.3 Å². The molecule has 0 aromatic carbocycles. The molecule has 21 heavy (non-hydrogen) atoms. The van der Waals surface area contributed by atoms with Gasteiger partial charge in [-0.1, -0.05) is 5.11 Å². The average molecular weight is 299 g/mol. The van der Waals surface area contributed by atoms with Crippen molar-refractivity contribution in [2.45, 2.75) is 31.1 Å². The van der Waals surface area contributed by atoms with E-state index in [0.717, 1.165) is 10.8 Å². The van der Waals surface area contributed by atoms with Crippen molar-refractivity contribution in [3.05, 3.63) is 43.0 Å². The number of azide groups is 1. The molecule has 4 atom stereocenters. The summed E-state index contributed by atoms with van der Waals surface area (Å²) in [6.45, 7) is -0.834. The second-order valence-corrected chi connectivity index (χ2v) is 4.44. The third-order valence-electron chi connectivity index (χ3n) is 3.14. The van der Waals surface area contributed by atoms with E-state index >= 15 is 0 Å². The molecule has 1 aromatic heterocycles. The maximum atomic E-state index is 11.8. The lowest BCUT2D eigenvalue weighted by Gasteiger charge is -2.17. The quantitative estimate of drug-likeness (QED) is 0.283. The minimum Gasteiger partial charge on any atom is -0.394 e. The van der Waals surface area contributed by atoms with E-state index in [1.807, 2.05) is 4.98 Å². The lowest BCUT2D eigenvalue weighted by Crippen LogP contribution is -2.38. The van der Waals surface area contributed by atoms with Gasteiger partial charge in [0.2, 0.25) is 0 Å². The normalized spacial score (nSPS) is 28.3. The molecule has 1 aromatic rings. The maximum Gasteiger partial charge on any atom is 0.330 e. The first kappa shape index (κ1) is 15.2. The van der Waals surface area contributed by atoms with Crippen LogP contribution in [0, 0.1) is 0 Å². The first-order chi connectivity index (χ1) is 9.99. The fourth-order valence-electron chi connectivity index (χ4n) is 2.05. The second kappa shape index (κ2) is 6.08. The molecule has 0 bridgehead atoms. The van der Waals surface area contributed by atoms with Gasteiger partial charge in [0.15, 0.2) is 6.23 Å². The van der Waals surface area contributed by atoms with E-state index in [9.17, 15) is 19.8 Å². The number of aliphatic hydroxyl groups excluding tert-OH is 3. The number of hydrogen-bond donors (Lipinski definition) is 4. The first-order valence-corrected chi connectivity index (χ1v) is 5.97. The van der Waals surface area contributed by atoms with Crippen molar-refractivity contribution in [2.24, 2.45) is 5.11 Å². The highest BCUT2D eigenvalue weighted by Crippen LogP contribution is 2.27. The van der Waals surface area contributed by atoms with Gasteiger partial charge in [0.05, 0.1) is 13.2 Å². The largest absolute Gasteiger partial charge is 0.394 e. The number of ether oxygens (including phenoxy) is 1. The van der Waals surface area contributed by atoms with E-state index in [-0.39, 0.29) is 12.1 Å². The van der Waals surface area contributed by atoms with Crippen LogP contribution >= 0.6 is 0 Å². The Labute approximate surface area is 116 Å². The maximum absolute atomic E-state index is 11.8. The van der Waals surface area contributed by atoms with Gasteiger partial charge in [0.25, 0.3) is 5.56 Å². The van der Waals surface area contributed by atoms with Gasteiger partial charge in [0, 0.05) is 16.7 Å². The van der Waals surface area contributed by atoms with Crippen LogP contribution in [0.4, 0.5) is 0 Å². The molecule has 0 spiro atoms. The Morgan fingerprint density at radius 3 is 2.71 bits per heavy atom. The van der Waals surface area contributed by atoms with Crippen molar-refractivity contribution in [3.8, 4) is 0 Å². The summed E-state index contributed by atoms with van der Waals surface area (Å²) in [5, 5.41) is 31.7. The highest BCUT2D eigenvalue weighted by Gasteiger charge is 2.43. The zero-order chi connectivity index (χ0) is 15.6. The highest BCUT2D eigenvalue weighted by atomic mass is 16.6. The summed E-state index contributed by atoms with van der Waals surface area (Å²) in [5.41, 5.74) is 6.65. The summed E-state index contributed by atoms with van der Waals surface area (Å²) >= 11 is 0. The monoisotopic (exact) mass is 299 g/mol. The van der Waals surface area contributed by atoms with Gasteiger partial charge in [-0.2, -0.15) is 0 Å². The smallest absolute Gasteiger partial charge is 0.330 e. The molecule has 1 aliphatic heterocycles. The Morgan fingerprint density at radius 1 is 1.43 bits per heavy atom. The fraction of sp³-hybridized carbons (Fsp3) is 0.600. The van der Waals surface area contributed by atoms with E-state index in [1.165, 1.54) is 0 Å². The molecule has 114 valence electrons. The molecule has 11 heteroatoms. The minimum atomic E-state index is -1.46. The number of hydrogen-bond acceptors (Lipinski definition) is 7. The van der Waals surface area contributed by atoms with Crippen LogP contribution in [0.5, 0.6) is 0 Å². The number of rotatable bonds is 4. The van der Waals surface area contributed by atoms with Gasteiger partial charge >= 0.3 is 5.69 Å². The van der Waals surface area contributed by atoms with Crippen LogP contribution in [0.15, 0.2) is 20.9 Å². The predicted octanol–water partition coefficient (Wildman–Crippen LogP) is -2.04. The third kappa shape index (κ3) is 2.82. The van der Waals surface area contributed by atoms with Crippen LogP contribution in [0.3, 0.4) is 0 Å². The zero-order valence-electron chi connectivity index (χ0n) is 10.7. The van der Waals surface area contributed by atoms with E-state index in [4.69, 9.17) is 15.4 Å². The zero-order valence-corrected chi connectivity index (χ0v) is 10.7. The topological polar surface area (TPSA) is 174 Å². The Balaban J connectivity index is 2.42. The van der Waals surface area contributed by atoms with Crippen molar-refractivity contribution in [3.63, 3.8) is 0 Å². The molecule has 1 saturated heterocycles. The van der Waals surface area contributed by atoms with Gasteiger partial charge in [-0.15, -0.1) is 0 Å². The summed E-state index contributed by atoms with van der Waals surface area (Å²) in [4.78, 5) is 27.8. The average Bonchev–Trinajstić information content (AvgIpc) is 2.74. The second-order valence-electron chi connectivity index (χ2n) is 4.44. The lowest BCUT2D eigenvalue weighted by atomic mass is 10.1. The molecular formula is C10H13N5O6. The number of nitrogens with zero attached hydrogens (tertiary/aromatic N) is 4. The molecule has 2 heterocycles. The van der Waals surface area contributed by atoms with Crippen LogP contribution in [-0.2, 0) is 11.3 Å². The van der Waals surface area contributed by atoms with Crippen molar-refractivity contribution in [2.75, 3.05) is 6.61 Å². The number of aromatic amines is 1. The molecule has 2 unspecified atom stereocenters. The van der Waals surface area contributed by atoms with Gasteiger partial charge in [-0.25, -0.2) is 4.79 Å². The number of aliphatic hydroxyl groups is 3. The summed E-state index contributed by atoms with van der Waals surface area (Å²) in [6.07, 6.45) is -4.08. The van der Waals surface area contributed by atoms with Crippen LogP contribution in [-0.4, -0.2) is 49.8 Å². The van der Waals surface area contributed by atoms with Crippen molar-refractivity contribution in [1.29, 1.82) is 0 Å². The molecule has 0 amide bonds. The molecule has 2 rings (SSSR count). The lowest BCUT2D eigenvalue weighted by molar-refractivity contribution is -0.0551. The summed E-state index contributed by atoms with van der Waals surface area (Å²) < 4.78 is 6.06. The molecule has 0 saturated carbocycles. The van der Waals surface area contributed by atoms with Gasteiger partial charge in [-0.05, 0) is 5.53 Å². The molecule has 0 aliphatic carbocycles. The standard InChI is InChI=1S/C10H13N5O6/c11-14-12-1-4-2-15(10(20)13-8(4)19)9-7(18)6(17)5(3-16)21-9/h2,5-7,9,16-18H,1,3H2,(H,13,19,20)/t5-,6?,7?,9-/m1/s1. The number of H-pyrrole nitrogens is 1. The van der Waals surface area contributed by atoms with Crippen LogP contribution in [0.25, 0.3) is 10.4 Å². The summed E-state index contributed by atoms with van der Waals surface area (Å²) in [7, 11) is 0. The molecule has 1 fully saturated rings. The van der Waals surface area contributed by atoms with Crippen LogP contribution < -0.4 is 11.2 Å². The number of nitrogens with one attached hydrogen (secondary N) is 1. The summed E-state index contributed by atoms with van der Waals surface area (Å²) in [6, 6.07) is 0. The van der Waals surface area contributed by atoms with Crippen molar-refractivity contribution in [1.82, 2.24) is 9.55 Å². The number of aromatic nitrogens is 2. The van der Waals surface area contributed by atoms with Gasteiger partial charge in [-0.3, -0.25) is 14.3 Å². The van der Waals surface area contributed by atoms with Crippen molar-refractivity contribution < 1.29 is 20.1 Å². The third-order valence-corrected chi connectivity index (χ3v) is 3.14. The SMILES string of the molecule is [N-]=[N+]=NCc1cn([C@@H]2O[C@H](CO)C(O)C2O)c(=O)[nH]c1=O. The molecule has 11 nitrogen and oxygen atoms in total. The molecular weight excluding hydrogens is 286 g/mol.